The SMILES string of the molecule is COc1cc(C=Nc2sc3c(c2C(=O)Nc2ccccc2)CCCC3)cc(I)c1OCc1ccccc1. The minimum Gasteiger partial charge on any atom is -0.493 e. The van der Waals surface area contributed by atoms with E-state index in [1.54, 1.807) is 18.4 Å². The Morgan fingerprint density at radius 3 is 2.54 bits per heavy atom. The van der Waals surface area contributed by atoms with Crippen molar-refractivity contribution in [2.24, 2.45) is 4.99 Å². The number of fused-ring (bicyclic) bond motifs is 1. The number of hydrogen-bond acceptors (Lipinski definition) is 5. The maximum atomic E-state index is 13.4. The summed E-state index contributed by atoms with van der Waals surface area (Å²) in [7, 11) is 1.64. The van der Waals surface area contributed by atoms with E-state index in [9.17, 15) is 4.79 Å². The number of anilines is 1. The van der Waals surface area contributed by atoms with Crippen molar-refractivity contribution < 1.29 is 14.3 Å². The molecule has 5 nitrogen and oxygen atoms in total. The minimum absolute atomic E-state index is 0.102. The normalized spacial score (nSPS) is 12.8. The fraction of sp³-hybridized carbons (Fsp3) is 0.200. The highest BCUT2D eigenvalue weighted by molar-refractivity contribution is 14.1. The number of aliphatic imine (C=N–C) groups is 1. The molecule has 0 atom stereocenters. The number of aryl methyl sites for hydroxylation is 1. The van der Waals surface area contributed by atoms with Crippen LogP contribution in [0.15, 0.2) is 77.8 Å². The number of benzene rings is 3. The molecule has 0 bridgehead atoms. The van der Waals surface area contributed by atoms with Crippen molar-refractivity contribution in [3.8, 4) is 11.5 Å². The van der Waals surface area contributed by atoms with E-state index in [1.807, 2.05) is 79.0 Å². The van der Waals surface area contributed by atoms with Crippen LogP contribution in [0.4, 0.5) is 10.7 Å². The molecule has 188 valence electrons. The van der Waals surface area contributed by atoms with Gasteiger partial charge < -0.3 is 14.8 Å². The van der Waals surface area contributed by atoms with Gasteiger partial charge in [-0.2, -0.15) is 0 Å². The summed E-state index contributed by atoms with van der Waals surface area (Å²) in [6.07, 6.45) is 5.97. The number of methoxy groups -OCH3 is 1. The van der Waals surface area contributed by atoms with Crippen molar-refractivity contribution in [1.82, 2.24) is 0 Å². The van der Waals surface area contributed by atoms with Gasteiger partial charge in [0.1, 0.15) is 11.6 Å². The van der Waals surface area contributed by atoms with E-state index in [4.69, 9.17) is 14.5 Å². The number of nitrogens with one attached hydrogen (secondary N) is 1. The topological polar surface area (TPSA) is 59.9 Å². The van der Waals surface area contributed by atoms with Gasteiger partial charge in [0.2, 0.25) is 0 Å². The zero-order valence-corrected chi connectivity index (χ0v) is 23.5. The van der Waals surface area contributed by atoms with Crippen LogP contribution in [-0.2, 0) is 19.4 Å². The molecular formula is C30H27IN2O3S. The van der Waals surface area contributed by atoms with E-state index in [0.717, 1.165) is 56.6 Å². The Balaban J connectivity index is 1.41. The molecular weight excluding hydrogens is 595 g/mol. The largest absolute Gasteiger partial charge is 0.493 e. The molecule has 1 aliphatic carbocycles. The molecule has 3 aromatic carbocycles. The van der Waals surface area contributed by atoms with Gasteiger partial charge in [-0.25, -0.2) is 4.99 Å². The number of halogens is 1. The highest BCUT2D eigenvalue weighted by Crippen LogP contribution is 2.40. The van der Waals surface area contributed by atoms with Crippen molar-refractivity contribution in [2.75, 3.05) is 12.4 Å². The average Bonchev–Trinajstić information content (AvgIpc) is 3.30. The molecule has 0 spiro atoms. The molecule has 0 aliphatic heterocycles. The number of thiophene rings is 1. The molecule has 1 amide bonds. The van der Waals surface area contributed by atoms with E-state index in [1.165, 1.54) is 4.88 Å². The quantitative estimate of drug-likeness (QED) is 0.161. The smallest absolute Gasteiger partial charge is 0.259 e. The van der Waals surface area contributed by atoms with Crippen LogP contribution in [0.3, 0.4) is 0 Å². The lowest BCUT2D eigenvalue weighted by Crippen LogP contribution is -2.14. The molecule has 0 saturated carbocycles. The van der Waals surface area contributed by atoms with Crippen molar-refractivity contribution in [1.29, 1.82) is 0 Å². The number of amides is 1. The third-order valence-electron chi connectivity index (χ3n) is 6.22. The Labute approximate surface area is 234 Å². The molecule has 4 aromatic rings. The van der Waals surface area contributed by atoms with E-state index >= 15 is 0 Å². The first-order valence-electron chi connectivity index (χ1n) is 12.2. The van der Waals surface area contributed by atoms with Crippen LogP contribution in [0.25, 0.3) is 0 Å². The second-order valence-corrected chi connectivity index (χ2v) is 11.0. The van der Waals surface area contributed by atoms with Gasteiger partial charge in [0, 0.05) is 16.8 Å². The molecule has 0 unspecified atom stereocenters. The lowest BCUT2D eigenvalue weighted by molar-refractivity contribution is 0.102. The number of nitrogens with zero attached hydrogens (tertiary/aromatic N) is 1. The second-order valence-electron chi connectivity index (χ2n) is 8.78. The van der Waals surface area contributed by atoms with E-state index in [2.05, 4.69) is 27.9 Å². The molecule has 7 heteroatoms. The number of rotatable bonds is 8. The molecule has 1 aromatic heterocycles. The number of carbonyl (C=O) groups excluding carboxylic acids is 1. The van der Waals surface area contributed by atoms with E-state index in [-0.39, 0.29) is 5.91 Å². The summed E-state index contributed by atoms with van der Waals surface area (Å²) >= 11 is 3.89. The summed E-state index contributed by atoms with van der Waals surface area (Å²) < 4.78 is 12.7. The van der Waals surface area contributed by atoms with Crippen LogP contribution >= 0.6 is 33.9 Å². The van der Waals surface area contributed by atoms with Gasteiger partial charge >= 0.3 is 0 Å². The van der Waals surface area contributed by atoms with Crippen molar-refractivity contribution >= 4 is 56.7 Å². The number of para-hydroxylation sites is 1. The number of carbonyl (C=O) groups is 1. The summed E-state index contributed by atoms with van der Waals surface area (Å²) in [5, 5.41) is 3.80. The lowest BCUT2D eigenvalue weighted by Gasteiger charge is -2.13. The van der Waals surface area contributed by atoms with Crippen LogP contribution < -0.4 is 14.8 Å². The molecule has 37 heavy (non-hydrogen) atoms. The first-order chi connectivity index (χ1) is 18.1. The molecule has 1 aliphatic rings. The molecule has 0 saturated heterocycles. The third kappa shape index (κ3) is 6.05. The van der Waals surface area contributed by atoms with Crippen molar-refractivity contribution in [3.63, 3.8) is 0 Å². The Morgan fingerprint density at radius 1 is 1.05 bits per heavy atom. The Morgan fingerprint density at radius 2 is 1.78 bits per heavy atom. The highest BCUT2D eigenvalue weighted by Gasteiger charge is 2.25. The molecule has 1 heterocycles. The van der Waals surface area contributed by atoms with Gasteiger partial charge in [0.15, 0.2) is 11.5 Å². The summed E-state index contributed by atoms with van der Waals surface area (Å²) in [5.74, 6) is 1.25. The highest BCUT2D eigenvalue weighted by atomic mass is 127. The van der Waals surface area contributed by atoms with Crippen LogP contribution in [0.2, 0.25) is 0 Å². The van der Waals surface area contributed by atoms with E-state index in [0.29, 0.717) is 23.7 Å². The van der Waals surface area contributed by atoms with Gasteiger partial charge in [-0.1, -0.05) is 48.5 Å². The fourth-order valence-electron chi connectivity index (χ4n) is 4.41. The van der Waals surface area contributed by atoms with Crippen LogP contribution in [-0.4, -0.2) is 19.2 Å². The monoisotopic (exact) mass is 622 g/mol. The first kappa shape index (κ1) is 25.5. The Kier molecular flexibility index (Phi) is 8.21. The van der Waals surface area contributed by atoms with Crippen molar-refractivity contribution in [2.45, 2.75) is 32.3 Å². The summed E-state index contributed by atoms with van der Waals surface area (Å²) in [6.45, 7) is 0.460. The zero-order chi connectivity index (χ0) is 25.6. The van der Waals surface area contributed by atoms with Gasteiger partial charge in [-0.15, -0.1) is 11.3 Å². The first-order valence-corrected chi connectivity index (χ1v) is 14.1. The summed E-state index contributed by atoms with van der Waals surface area (Å²) in [5.41, 5.74) is 4.60. The minimum atomic E-state index is -0.102. The standard InChI is InChI=1S/C30H27IN2O3S/c1-35-25-17-21(16-24(31)28(25)36-19-20-10-4-2-5-11-20)18-32-30-27(23-14-8-9-15-26(23)37-30)29(34)33-22-12-6-3-7-13-22/h2-7,10-13,16-18H,8-9,14-15,19H2,1H3,(H,33,34). The predicted octanol–water partition coefficient (Wildman–Crippen LogP) is 7.82. The number of hydrogen-bond donors (Lipinski definition) is 1. The van der Waals surface area contributed by atoms with Crippen LogP contribution in [0.5, 0.6) is 11.5 Å². The molecule has 5 rings (SSSR count). The van der Waals surface area contributed by atoms with Gasteiger partial charge in [0.05, 0.1) is 16.2 Å². The zero-order valence-electron chi connectivity index (χ0n) is 20.5. The van der Waals surface area contributed by atoms with Crippen molar-refractivity contribution in [3.05, 3.63) is 103 Å². The fourth-order valence-corrected chi connectivity index (χ4v) is 6.42. The second kappa shape index (κ2) is 11.9. The third-order valence-corrected chi connectivity index (χ3v) is 8.22. The molecule has 0 radical (unpaired) electrons. The maximum Gasteiger partial charge on any atom is 0.259 e. The Bertz CT molecular complexity index is 1420. The molecule has 1 N–H and O–H groups in total. The number of ether oxygens (including phenoxy) is 2. The van der Waals surface area contributed by atoms with E-state index < -0.39 is 0 Å². The molecule has 0 fully saturated rings. The average molecular weight is 623 g/mol. The van der Waals surface area contributed by atoms with Gasteiger partial charge in [-0.3, -0.25) is 4.79 Å². The van der Waals surface area contributed by atoms with Crippen LogP contribution in [0.1, 0.15) is 44.8 Å². The summed E-state index contributed by atoms with van der Waals surface area (Å²) in [4.78, 5) is 19.4. The summed E-state index contributed by atoms with van der Waals surface area (Å²) in [6, 6.07) is 23.6. The maximum absolute atomic E-state index is 13.4. The van der Waals surface area contributed by atoms with Gasteiger partial charge in [0.25, 0.3) is 5.91 Å². The van der Waals surface area contributed by atoms with Gasteiger partial charge in [-0.05, 0) is 89.2 Å². The lowest BCUT2D eigenvalue weighted by atomic mass is 9.95. The van der Waals surface area contributed by atoms with Crippen LogP contribution in [0, 0.1) is 3.57 Å². The Hall–Kier alpha value is -3.17. The predicted molar refractivity (Wildman–Crippen MR) is 159 cm³/mol.